The highest BCUT2D eigenvalue weighted by atomic mass is 32.2. The zero-order chi connectivity index (χ0) is 20.4. The number of para-hydroxylation sites is 1. The SMILES string of the molecule is CC(=O)N1CCCSc2ccc(S(=O)(=O)N3CCN(c4ccccc4)CC3)cc21. The normalized spacial score (nSPS) is 18.2. The number of benzene rings is 2. The lowest BCUT2D eigenvalue weighted by Gasteiger charge is -2.35. The summed E-state index contributed by atoms with van der Waals surface area (Å²) in [6, 6.07) is 15.2. The summed E-state index contributed by atoms with van der Waals surface area (Å²) in [6.45, 7) is 4.35. The van der Waals surface area contributed by atoms with Crippen molar-refractivity contribution in [3.8, 4) is 0 Å². The molecule has 0 atom stereocenters. The van der Waals surface area contributed by atoms with E-state index in [-0.39, 0.29) is 10.8 Å². The summed E-state index contributed by atoms with van der Waals surface area (Å²) < 4.78 is 28.1. The van der Waals surface area contributed by atoms with Crippen LogP contribution in [0.1, 0.15) is 13.3 Å². The molecule has 2 aromatic rings. The fraction of sp³-hybridized carbons (Fsp3) is 0.381. The zero-order valence-corrected chi connectivity index (χ0v) is 18.1. The van der Waals surface area contributed by atoms with Gasteiger partial charge < -0.3 is 9.80 Å². The molecule has 0 aliphatic carbocycles. The molecule has 0 N–H and O–H groups in total. The highest BCUT2D eigenvalue weighted by Gasteiger charge is 2.30. The summed E-state index contributed by atoms with van der Waals surface area (Å²) in [5.74, 6) is 0.865. The van der Waals surface area contributed by atoms with Gasteiger partial charge in [0, 0.05) is 50.2 Å². The molecular formula is C21H25N3O3S2. The molecule has 2 aliphatic heterocycles. The summed E-state index contributed by atoms with van der Waals surface area (Å²) >= 11 is 1.67. The molecule has 2 aromatic carbocycles. The van der Waals surface area contributed by atoms with E-state index in [1.165, 1.54) is 6.92 Å². The number of carbonyl (C=O) groups is 1. The van der Waals surface area contributed by atoms with E-state index in [0.29, 0.717) is 38.4 Å². The summed E-state index contributed by atoms with van der Waals surface area (Å²) in [5.41, 5.74) is 1.83. The van der Waals surface area contributed by atoms with Crippen LogP contribution in [0.3, 0.4) is 0 Å². The van der Waals surface area contributed by atoms with Gasteiger partial charge in [0.05, 0.1) is 10.6 Å². The molecule has 1 saturated heterocycles. The van der Waals surface area contributed by atoms with Gasteiger partial charge in [-0.25, -0.2) is 8.42 Å². The highest BCUT2D eigenvalue weighted by molar-refractivity contribution is 7.99. The smallest absolute Gasteiger partial charge is 0.243 e. The molecule has 154 valence electrons. The van der Waals surface area contributed by atoms with Crippen LogP contribution >= 0.6 is 11.8 Å². The Labute approximate surface area is 176 Å². The number of carbonyl (C=O) groups excluding carboxylic acids is 1. The van der Waals surface area contributed by atoms with Gasteiger partial charge in [-0.1, -0.05) is 18.2 Å². The van der Waals surface area contributed by atoms with Crippen LogP contribution in [0, 0.1) is 0 Å². The summed E-state index contributed by atoms with van der Waals surface area (Å²) in [4.78, 5) is 17.2. The number of sulfonamides is 1. The Morgan fingerprint density at radius 1 is 0.966 bits per heavy atom. The molecule has 0 aromatic heterocycles. The van der Waals surface area contributed by atoms with Crippen molar-refractivity contribution in [3.63, 3.8) is 0 Å². The molecule has 0 unspecified atom stereocenters. The lowest BCUT2D eigenvalue weighted by atomic mass is 10.2. The van der Waals surface area contributed by atoms with E-state index in [4.69, 9.17) is 0 Å². The minimum absolute atomic E-state index is 0.0558. The minimum atomic E-state index is -3.60. The average Bonchev–Trinajstić information content (AvgIpc) is 2.96. The number of fused-ring (bicyclic) bond motifs is 1. The average molecular weight is 432 g/mol. The van der Waals surface area contributed by atoms with E-state index >= 15 is 0 Å². The van der Waals surface area contributed by atoms with E-state index < -0.39 is 10.0 Å². The molecule has 8 heteroatoms. The summed E-state index contributed by atoms with van der Waals surface area (Å²) in [5, 5.41) is 0. The Morgan fingerprint density at radius 2 is 1.69 bits per heavy atom. The van der Waals surface area contributed by atoms with Crippen molar-refractivity contribution in [2.24, 2.45) is 0 Å². The maximum Gasteiger partial charge on any atom is 0.243 e. The molecular weight excluding hydrogens is 406 g/mol. The van der Waals surface area contributed by atoms with Gasteiger partial charge in [-0.15, -0.1) is 11.8 Å². The van der Waals surface area contributed by atoms with Gasteiger partial charge in [-0.3, -0.25) is 4.79 Å². The second-order valence-electron chi connectivity index (χ2n) is 7.23. The molecule has 29 heavy (non-hydrogen) atoms. The van der Waals surface area contributed by atoms with Crippen LogP contribution in [0.5, 0.6) is 0 Å². The standard InChI is InChI=1S/C21H25N3O3S2/c1-17(25)24-10-5-15-28-21-9-8-19(16-20(21)24)29(26,27)23-13-11-22(12-14-23)18-6-3-2-4-7-18/h2-4,6-9,16H,5,10-15H2,1H3. The molecule has 2 aliphatic rings. The Balaban J connectivity index is 1.56. The molecule has 1 amide bonds. The first kappa shape index (κ1) is 20.3. The third kappa shape index (κ3) is 4.15. The Bertz CT molecular complexity index is 987. The van der Waals surface area contributed by atoms with E-state index in [1.807, 2.05) is 36.4 Å². The van der Waals surface area contributed by atoms with Crippen molar-refractivity contribution in [1.82, 2.24) is 4.31 Å². The lowest BCUT2D eigenvalue weighted by molar-refractivity contribution is -0.116. The lowest BCUT2D eigenvalue weighted by Crippen LogP contribution is -2.48. The van der Waals surface area contributed by atoms with E-state index in [2.05, 4.69) is 4.90 Å². The maximum absolute atomic E-state index is 13.3. The van der Waals surface area contributed by atoms with Gasteiger partial charge in [0.15, 0.2) is 0 Å². The first-order valence-corrected chi connectivity index (χ1v) is 12.2. The number of hydrogen-bond donors (Lipinski definition) is 0. The summed E-state index contributed by atoms with van der Waals surface area (Å²) in [7, 11) is -3.60. The number of rotatable bonds is 3. The minimum Gasteiger partial charge on any atom is -0.369 e. The predicted octanol–water partition coefficient (Wildman–Crippen LogP) is 3.05. The first-order valence-electron chi connectivity index (χ1n) is 9.82. The van der Waals surface area contributed by atoms with Crippen molar-refractivity contribution in [1.29, 1.82) is 0 Å². The van der Waals surface area contributed by atoms with Crippen LogP contribution in [-0.2, 0) is 14.8 Å². The van der Waals surface area contributed by atoms with Crippen molar-refractivity contribution in [2.45, 2.75) is 23.1 Å². The molecule has 1 fully saturated rings. The Kier molecular flexibility index (Phi) is 5.85. The molecule has 0 spiro atoms. The topological polar surface area (TPSA) is 60.9 Å². The van der Waals surface area contributed by atoms with Gasteiger partial charge in [0.1, 0.15) is 0 Å². The number of amides is 1. The van der Waals surface area contributed by atoms with Crippen LogP contribution in [0.2, 0.25) is 0 Å². The van der Waals surface area contributed by atoms with Gasteiger partial charge in [0.25, 0.3) is 0 Å². The number of anilines is 2. The molecule has 0 saturated carbocycles. The van der Waals surface area contributed by atoms with E-state index in [1.54, 1.807) is 33.1 Å². The van der Waals surface area contributed by atoms with Crippen molar-refractivity contribution < 1.29 is 13.2 Å². The fourth-order valence-electron chi connectivity index (χ4n) is 3.82. The molecule has 2 heterocycles. The molecule has 0 radical (unpaired) electrons. The Hall–Kier alpha value is -2.03. The van der Waals surface area contributed by atoms with E-state index in [9.17, 15) is 13.2 Å². The second-order valence-corrected chi connectivity index (χ2v) is 10.3. The van der Waals surface area contributed by atoms with Gasteiger partial charge >= 0.3 is 0 Å². The van der Waals surface area contributed by atoms with Gasteiger partial charge in [0.2, 0.25) is 15.9 Å². The summed E-state index contributed by atoms with van der Waals surface area (Å²) in [6.07, 6.45) is 0.891. The molecule has 0 bridgehead atoms. The number of hydrogen-bond acceptors (Lipinski definition) is 5. The highest BCUT2D eigenvalue weighted by Crippen LogP contribution is 2.36. The largest absolute Gasteiger partial charge is 0.369 e. The van der Waals surface area contributed by atoms with Crippen LogP contribution in [-0.4, -0.2) is 57.1 Å². The second kappa shape index (κ2) is 8.38. The number of nitrogens with zero attached hydrogens (tertiary/aromatic N) is 3. The van der Waals surface area contributed by atoms with Crippen LogP contribution in [0.15, 0.2) is 58.3 Å². The monoisotopic (exact) mass is 431 g/mol. The predicted molar refractivity (Wildman–Crippen MR) is 117 cm³/mol. The van der Waals surface area contributed by atoms with E-state index in [0.717, 1.165) is 22.8 Å². The fourth-order valence-corrected chi connectivity index (χ4v) is 6.23. The number of thioether (sulfide) groups is 1. The Morgan fingerprint density at radius 3 is 2.38 bits per heavy atom. The van der Waals surface area contributed by atoms with Crippen molar-refractivity contribution in [2.75, 3.05) is 48.3 Å². The zero-order valence-electron chi connectivity index (χ0n) is 16.5. The first-order chi connectivity index (χ1) is 14.0. The van der Waals surface area contributed by atoms with Crippen LogP contribution in [0.4, 0.5) is 11.4 Å². The molecule has 6 nitrogen and oxygen atoms in total. The third-order valence-electron chi connectivity index (χ3n) is 5.38. The number of piperazine rings is 1. The molecule has 4 rings (SSSR count). The van der Waals surface area contributed by atoms with Crippen molar-refractivity contribution in [3.05, 3.63) is 48.5 Å². The van der Waals surface area contributed by atoms with Crippen LogP contribution in [0.25, 0.3) is 0 Å². The maximum atomic E-state index is 13.3. The quantitative estimate of drug-likeness (QED) is 0.748. The third-order valence-corrected chi connectivity index (χ3v) is 8.43. The van der Waals surface area contributed by atoms with Gasteiger partial charge in [-0.05, 0) is 42.5 Å². The van der Waals surface area contributed by atoms with Gasteiger partial charge in [-0.2, -0.15) is 4.31 Å². The van der Waals surface area contributed by atoms with Crippen LogP contribution < -0.4 is 9.80 Å². The van der Waals surface area contributed by atoms with Crippen molar-refractivity contribution >= 4 is 39.1 Å².